The normalized spacial score (nSPS) is 10.4. The van der Waals surface area contributed by atoms with Gasteiger partial charge in [0.25, 0.3) is 0 Å². The van der Waals surface area contributed by atoms with E-state index in [4.69, 9.17) is 4.74 Å². The highest BCUT2D eigenvalue weighted by atomic mass is 16.5. The Labute approximate surface area is 118 Å². The Morgan fingerprint density at radius 3 is 2.65 bits per heavy atom. The summed E-state index contributed by atoms with van der Waals surface area (Å²) in [5.41, 5.74) is 1.91. The van der Waals surface area contributed by atoms with Crippen LogP contribution in [0.15, 0.2) is 12.5 Å². The third kappa shape index (κ3) is 2.81. The van der Waals surface area contributed by atoms with Gasteiger partial charge in [-0.15, -0.1) is 0 Å². The van der Waals surface area contributed by atoms with Crippen molar-refractivity contribution < 1.29 is 4.74 Å². The second kappa shape index (κ2) is 6.23. The number of aromatic nitrogens is 4. The van der Waals surface area contributed by atoms with Crippen LogP contribution in [-0.2, 0) is 13.5 Å². The quantitative estimate of drug-likeness (QED) is 0.840. The minimum atomic E-state index is 0.597. The number of hydrogen-bond donors (Lipinski definition) is 2. The van der Waals surface area contributed by atoms with E-state index in [1.54, 1.807) is 11.8 Å². The maximum atomic E-state index is 5.40. The van der Waals surface area contributed by atoms with Crippen LogP contribution in [0.5, 0.6) is 5.75 Å². The standard InChI is InChI=1S/C13H20N6O/c1-5-9-10(7-19(3)18-9)17-13-11(20-4)12(14-6-2)15-8-16-13/h7-8H,5-6H2,1-4H3,(H2,14,15,16,17). The summed E-state index contributed by atoms with van der Waals surface area (Å²) in [7, 11) is 3.50. The fraction of sp³-hybridized carbons (Fsp3) is 0.462. The first-order valence-electron chi connectivity index (χ1n) is 6.61. The van der Waals surface area contributed by atoms with Crippen molar-refractivity contribution in [3.63, 3.8) is 0 Å². The molecule has 0 unspecified atom stereocenters. The molecule has 2 heterocycles. The van der Waals surface area contributed by atoms with Gasteiger partial charge in [0.05, 0.1) is 18.5 Å². The van der Waals surface area contributed by atoms with Crippen LogP contribution in [0.25, 0.3) is 0 Å². The molecule has 0 atom stereocenters. The van der Waals surface area contributed by atoms with E-state index in [1.165, 1.54) is 6.33 Å². The van der Waals surface area contributed by atoms with Crippen LogP contribution in [0.1, 0.15) is 19.5 Å². The van der Waals surface area contributed by atoms with E-state index in [2.05, 4.69) is 32.6 Å². The van der Waals surface area contributed by atoms with Gasteiger partial charge in [0.1, 0.15) is 6.33 Å². The summed E-state index contributed by atoms with van der Waals surface area (Å²) in [6.07, 6.45) is 4.27. The van der Waals surface area contributed by atoms with Crippen LogP contribution >= 0.6 is 0 Å². The molecule has 0 bridgehead atoms. The molecule has 2 aromatic rings. The van der Waals surface area contributed by atoms with Crippen LogP contribution in [0.2, 0.25) is 0 Å². The first kappa shape index (κ1) is 14.1. The van der Waals surface area contributed by atoms with Crippen molar-refractivity contribution in [1.82, 2.24) is 19.7 Å². The van der Waals surface area contributed by atoms with E-state index in [1.807, 2.05) is 20.2 Å². The van der Waals surface area contributed by atoms with Crippen LogP contribution in [0, 0.1) is 0 Å². The molecule has 0 aliphatic carbocycles. The third-order valence-corrected chi connectivity index (χ3v) is 2.85. The number of ether oxygens (including phenoxy) is 1. The second-order valence-corrected chi connectivity index (χ2v) is 4.28. The average Bonchev–Trinajstić information content (AvgIpc) is 2.79. The van der Waals surface area contributed by atoms with E-state index < -0.39 is 0 Å². The molecular weight excluding hydrogens is 256 g/mol. The molecule has 0 saturated heterocycles. The fourth-order valence-corrected chi connectivity index (χ4v) is 1.98. The summed E-state index contributed by atoms with van der Waals surface area (Å²) in [6, 6.07) is 0. The Bertz CT molecular complexity index is 580. The highest BCUT2D eigenvalue weighted by molar-refractivity contribution is 5.69. The summed E-state index contributed by atoms with van der Waals surface area (Å²) in [6.45, 7) is 4.83. The number of anilines is 3. The van der Waals surface area contributed by atoms with Gasteiger partial charge in [-0.1, -0.05) is 6.92 Å². The van der Waals surface area contributed by atoms with E-state index in [0.29, 0.717) is 17.4 Å². The third-order valence-electron chi connectivity index (χ3n) is 2.85. The van der Waals surface area contributed by atoms with Gasteiger partial charge in [-0.3, -0.25) is 4.68 Å². The highest BCUT2D eigenvalue weighted by Crippen LogP contribution is 2.31. The minimum Gasteiger partial charge on any atom is -0.490 e. The number of rotatable bonds is 6. The number of nitrogens with one attached hydrogen (secondary N) is 2. The molecular formula is C13H20N6O. The topological polar surface area (TPSA) is 76.9 Å². The van der Waals surface area contributed by atoms with Crippen molar-refractivity contribution in [2.24, 2.45) is 7.05 Å². The summed E-state index contributed by atoms with van der Waals surface area (Å²) >= 11 is 0. The lowest BCUT2D eigenvalue weighted by Crippen LogP contribution is -2.06. The zero-order chi connectivity index (χ0) is 14.5. The van der Waals surface area contributed by atoms with Gasteiger partial charge >= 0.3 is 0 Å². The van der Waals surface area contributed by atoms with Gasteiger partial charge < -0.3 is 15.4 Å². The molecule has 0 aliphatic heterocycles. The van der Waals surface area contributed by atoms with Crippen molar-refractivity contribution >= 4 is 17.3 Å². The molecule has 20 heavy (non-hydrogen) atoms. The van der Waals surface area contributed by atoms with Crippen LogP contribution in [0.3, 0.4) is 0 Å². The largest absolute Gasteiger partial charge is 0.490 e. The van der Waals surface area contributed by atoms with Gasteiger partial charge in [0, 0.05) is 19.8 Å². The van der Waals surface area contributed by atoms with E-state index >= 15 is 0 Å². The van der Waals surface area contributed by atoms with Crippen LogP contribution < -0.4 is 15.4 Å². The number of aryl methyl sites for hydroxylation is 2. The molecule has 7 heteroatoms. The minimum absolute atomic E-state index is 0.597. The molecule has 0 saturated carbocycles. The van der Waals surface area contributed by atoms with Crippen molar-refractivity contribution in [3.05, 3.63) is 18.2 Å². The van der Waals surface area contributed by atoms with Gasteiger partial charge in [-0.2, -0.15) is 5.10 Å². The lowest BCUT2D eigenvalue weighted by Gasteiger charge is -2.13. The zero-order valence-corrected chi connectivity index (χ0v) is 12.3. The highest BCUT2D eigenvalue weighted by Gasteiger charge is 2.14. The monoisotopic (exact) mass is 276 g/mol. The Morgan fingerprint density at radius 1 is 1.25 bits per heavy atom. The van der Waals surface area contributed by atoms with Crippen molar-refractivity contribution in [3.8, 4) is 5.75 Å². The molecule has 2 aromatic heterocycles. The van der Waals surface area contributed by atoms with Gasteiger partial charge in [0.2, 0.25) is 5.75 Å². The molecule has 0 amide bonds. The molecule has 0 fully saturated rings. The Balaban J connectivity index is 2.35. The lowest BCUT2D eigenvalue weighted by atomic mass is 10.3. The van der Waals surface area contributed by atoms with Crippen molar-refractivity contribution in [2.75, 3.05) is 24.3 Å². The fourth-order valence-electron chi connectivity index (χ4n) is 1.98. The SMILES string of the molecule is CCNc1ncnc(Nc2cn(C)nc2CC)c1OC. The molecule has 0 aliphatic rings. The average molecular weight is 276 g/mol. The second-order valence-electron chi connectivity index (χ2n) is 4.28. The van der Waals surface area contributed by atoms with Crippen LogP contribution in [0.4, 0.5) is 17.3 Å². The zero-order valence-electron chi connectivity index (χ0n) is 12.3. The summed E-state index contributed by atoms with van der Waals surface area (Å²) < 4.78 is 7.18. The predicted molar refractivity (Wildman–Crippen MR) is 78.6 cm³/mol. The number of hydrogen-bond acceptors (Lipinski definition) is 6. The smallest absolute Gasteiger partial charge is 0.204 e. The van der Waals surface area contributed by atoms with Gasteiger partial charge in [-0.25, -0.2) is 9.97 Å². The summed E-state index contributed by atoms with van der Waals surface area (Å²) in [5, 5.41) is 10.8. The molecule has 0 spiro atoms. The Kier molecular flexibility index (Phi) is 4.39. The Morgan fingerprint density at radius 2 is 2.00 bits per heavy atom. The molecule has 108 valence electrons. The maximum Gasteiger partial charge on any atom is 0.204 e. The first-order chi connectivity index (χ1) is 9.69. The number of methoxy groups -OCH3 is 1. The molecule has 0 radical (unpaired) electrons. The maximum absolute atomic E-state index is 5.40. The Hall–Kier alpha value is -2.31. The molecule has 2 N–H and O–H groups in total. The van der Waals surface area contributed by atoms with Gasteiger partial charge in [0.15, 0.2) is 11.6 Å². The van der Waals surface area contributed by atoms with Crippen molar-refractivity contribution in [2.45, 2.75) is 20.3 Å². The van der Waals surface area contributed by atoms with Crippen molar-refractivity contribution in [1.29, 1.82) is 0 Å². The van der Waals surface area contributed by atoms with E-state index in [0.717, 1.165) is 24.3 Å². The summed E-state index contributed by atoms with van der Waals surface area (Å²) in [4.78, 5) is 8.43. The van der Waals surface area contributed by atoms with Gasteiger partial charge in [-0.05, 0) is 13.3 Å². The van der Waals surface area contributed by atoms with E-state index in [-0.39, 0.29) is 0 Å². The first-order valence-corrected chi connectivity index (χ1v) is 6.61. The van der Waals surface area contributed by atoms with Crippen LogP contribution in [-0.4, -0.2) is 33.4 Å². The summed E-state index contributed by atoms with van der Waals surface area (Å²) in [5.74, 6) is 1.90. The lowest BCUT2D eigenvalue weighted by molar-refractivity contribution is 0.415. The molecule has 2 rings (SSSR count). The van der Waals surface area contributed by atoms with E-state index in [9.17, 15) is 0 Å². The molecule has 0 aromatic carbocycles. The predicted octanol–water partition coefficient (Wildman–Crippen LogP) is 1.96. The molecule has 7 nitrogen and oxygen atoms in total. The number of nitrogens with zero attached hydrogens (tertiary/aromatic N) is 4.